The maximum atomic E-state index is 14.0. The normalized spacial score (nSPS) is 23.6. The molecule has 6 rings (SSSR count). The van der Waals surface area contributed by atoms with E-state index in [4.69, 9.17) is 11.6 Å². The Morgan fingerprint density at radius 3 is 2.41 bits per heavy atom. The fourth-order valence-corrected chi connectivity index (χ4v) is 5.96. The van der Waals surface area contributed by atoms with Crippen molar-refractivity contribution < 1.29 is 19.3 Å². The molecule has 184 valence electrons. The highest BCUT2D eigenvalue weighted by atomic mass is 35.5. The number of ketones is 1. The molecule has 0 N–H and O–H groups in total. The monoisotopic (exact) mass is 513 g/mol. The number of anilines is 1. The second-order valence-electron chi connectivity index (χ2n) is 9.44. The molecule has 37 heavy (non-hydrogen) atoms. The molecule has 0 aliphatic carbocycles. The van der Waals surface area contributed by atoms with Gasteiger partial charge >= 0.3 is 0 Å². The highest BCUT2D eigenvalue weighted by Gasteiger charge is 2.64. The van der Waals surface area contributed by atoms with E-state index in [1.165, 1.54) is 18.2 Å². The van der Waals surface area contributed by atoms with Crippen molar-refractivity contribution in [2.24, 2.45) is 11.8 Å². The van der Waals surface area contributed by atoms with Crippen molar-refractivity contribution >= 4 is 46.6 Å². The molecule has 3 heterocycles. The number of Topliss-reactive ketones (excluding diaryl/α,β-unsaturated/α-hetero) is 1. The molecule has 0 unspecified atom stereocenters. The number of hydrogen-bond acceptors (Lipinski definition) is 6. The van der Waals surface area contributed by atoms with Crippen LogP contribution in [-0.4, -0.2) is 33.5 Å². The van der Waals surface area contributed by atoms with Crippen LogP contribution in [0.3, 0.4) is 0 Å². The summed E-state index contributed by atoms with van der Waals surface area (Å²) >= 11 is 6.02. The van der Waals surface area contributed by atoms with Gasteiger partial charge in [-0.3, -0.25) is 24.5 Å². The van der Waals surface area contributed by atoms with Crippen molar-refractivity contribution in [3.8, 4) is 0 Å². The highest BCUT2D eigenvalue weighted by molar-refractivity contribution is 6.30. The minimum Gasteiger partial charge on any atom is -0.358 e. The lowest BCUT2D eigenvalue weighted by atomic mass is 9.83. The highest BCUT2D eigenvalue weighted by Crippen LogP contribution is 2.54. The van der Waals surface area contributed by atoms with Crippen LogP contribution in [0.1, 0.15) is 33.1 Å². The van der Waals surface area contributed by atoms with E-state index in [1.807, 2.05) is 35.2 Å². The zero-order chi connectivity index (χ0) is 26.0. The molecule has 2 amide bonds. The molecule has 0 aromatic heterocycles. The summed E-state index contributed by atoms with van der Waals surface area (Å²) in [6.07, 6.45) is 3.67. The van der Waals surface area contributed by atoms with Gasteiger partial charge in [-0.2, -0.15) is 0 Å². The van der Waals surface area contributed by atoms with Crippen molar-refractivity contribution in [3.63, 3.8) is 0 Å². The Labute approximate surface area is 216 Å². The Kier molecular flexibility index (Phi) is 5.24. The smallest absolute Gasteiger partial charge is 0.271 e. The van der Waals surface area contributed by atoms with Crippen molar-refractivity contribution in [2.75, 3.05) is 4.90 Å². The first-order chi connectivity index (χ1) is 17.8. The second-order valence-corrected chi connectivity index (χ2v) is 9.88. The van der Waals surface area contributed by atoms with E-state index in [1.54, 1.807) is 37.4 Å². The number of benzene rings is 3. The molecular weight excluding hydrogens is 494 g/mol. The second kappa shape index (κ2) is 8.38. The van der Waals surface area contributed by atoms with Gasteiger partial charge in [0.25, 0.3) is 5.69 Å². The van der Waals surface area contributed by atoms with E-state index in [0.717, 1.165) is 16.0 Å². The van der Waals surface area contributed by atoms with Crippen molar-refractivity contribution in [3.05, 3.63) is 110 Å². The number of non-ortho nitro benzene ring substituents is 1. The van der Waals surface area contributed by atoms with E-state index < -0.39 is 40.7 Å². The number of hydrogen-bond donors (Lipinski definition) is 0. The van der Waals surface area contributed by atoms with E-state index in [-0.39, 0.29) is 17.2 Å². The van der Waals surface area contributed by atoms with Gasteiger partial charge in [-0.25, -0.2) is 4.90 Å². The number of carbonyl (C=O) groups excluding carboxylic acids is 3. The minimum atomic E-state index is -0.963. The van der Waals surface area contributed by atoms with Gasteiger partial charge in [-0.15, -0.1) is 0 Å². The number of halogens is 1. The molecule has 0 spiro atoms. The maximum absolute atomic E-state index is 14.0. The molecule has 3 aromatic rings. The number of fused-ring (bicyclic) bond motifs is 5. The van der Waals surface area contributed by atoms with Crippen molar-refractivity contribution in [1.29, 1.82) is 0 Å². The van der Waals surface area contributed by atoms with Crippen molar-refractivity contribution in [1.82, 2.24) is 4.90 Å². The lowest BCUT2D eigenvalue weighted by Crippen LogP contribution is -2.44. The molecular formula is C28H20ClN3O5. The average molecular weight is 514 g/mol. The summed E-state index contributed by atoms with van der Waals surface area (Å²) in [4.78, 5) is 55.6. The van der Waals surface area contributed by atoms with Crippen LogP contribution in [0.5, 0.6) is 0 Å². The van der Waals surface area contributed by atoms with E-state index in [0.29, 0.717) is 16.1 Å². The number of carbonyl (C=O) groups is 3. The molecule has 3 aliphatic rings. The van der Waals surface area contributed by atoms with Gasteiger partial charge in [0.05, 0.1) is 28.5 Å². The fraction of sp³-hybridized carbons (Fsp3) is 0.179. The summed E-state index contributed by atoms with van der Waals surface area (Å²) < 4.78 is 0. The zero-order valence-electron chi connectivity index (χ0n) is 19.6. The van der Waals surface area contributed by atoms with Crippen LogP contribution < -0.4 is 4.90 Å². The van der Waals surface area contributed by atoms with Gasteiger partial charge < -0.3 is 4.90 Å². The van der Waals surface area contributed by atoms with Gasteiger partial charge in [-0.1, -0.05) is 41.9 Å². The van der Waals surface area contributed by atoms with Crippen LogP contribution in [0, 0.1) is 28.9 Å². The predicted octanol–water partition coefficient (Wildman–Crippen LogP) is 4.95. The van der Waals surface area contributed by atoms with Gasteiger partial charge in [0.2, 0.25) is 11.8 Å². The molecule has 0 radical (unpaired) electrons. The minimum absolute atomic E-state index is 0.169. The fourth-order valence-electron chi connectivity index (χ4n) is 5.83. The van der Waals surface area contributed by atoms with Crippen LogP contribution >= 0.6 is 11.6 Å². The van der Waals surface area contributed by atoms with E-state index in [2.05, 4.69) is 0 Å². The van der Waals surface area contributed by atoms with E-state index in [9.17, 15) is 24.5 Å². The summed E-state index contributed by atoms with van der Waals surface area (Å²) in [5.74, 6) is -3.10. The standard InChI is InChI=1S/C28H20ClN3O5/c1-15-6-11-19(32(36)37)14-21(15)31-27(34)22-23(28(31)35)25(26(33)17-7-9-18(29)10-8-17)30-13-12-16-4-2-3-5-20(16)24(22)30/h2-14,22-25H,1H3/t22-,23-,24+,25+/m1/s1. The predicted molar refractivity (Wildman–Crippen MR) is 137 cm³/mol. The number of rotatable bonds is 4. The van der Waals surface area contributed by atoms with Gasteiger partial charge in [0.1, 0.15) is 6.04 Å². The lowest BCUT2D eigenvalue weighted by Gasteiger charge is -2.35. The van der Waals surface area contributed by atoms with E-state index >= 15 is 0 Å². The first-order valence-corrected chi connectivity index (χ1v) is 12.1. The summed E-state index contributed by atoms with van der Waals surface area (Å²) in [5.41, 5.74) is 2.64. The number of amides is 2. The third-order valence-corrected chi connectivity index (χ3v) is 7.76. The molecule has 9 heteroatoms. The van der Waals surface area contributed by atoms with Gasteiger partial charge in [0, 0.05) is 28.9 Å². The van der Waals surface area contributed by atoms with Crippen LogP contribution in [0.4, 0.5) is 11.4 Å². The van der Waals surface area contributed by atoms with Crippen LogP contribution in [0.25, 0.3) is 6.08 Å². The quantitative estimate of drug-likeness (QED) is 0.212. The third kappa shape index (κ3) is 3.40. The van der Waals surface area contributed by atoms with Crippen LogP contribution in [0.15, 0.2) is 72.9 Å². The Hall–Kier alpha value is -4.30. The molecule has 3 aliphatic heterocycles. The molecule has 4 atom stereocenters. The third-order valence-electron chi connectivity index (χ3n) is 7.50. The number of nitrogens with zero attached hydrogens (tertiary/aromatic N) is 3. The topological polar surface area (TPSA) is 101 Å². The Morgan fingerprint density at radius 1 is 0.973 bits per heavy atom. The Bertz CT molecular complexity index is 1530. The summed E-state index contributed by atoms with van der Waals surface area (Å²) in [5, 5.41) is 11.9. The zero-order valence-corrected chi connectivity index (χ0v) is 20.3. The molecule has 8 nitrogen and oxygen atoms in total. The van der Waals surface area contributed by atoms with Crippen LogP contribution in [0.2, 0.25) is 5.02 Å². The number of aryl methyl sites for hydroxylation is 1. The summed E-state index contributed by atoms with van der Waals surface area (Å²) in [7, 11) is 0. The molecule has 0 bridgehead atoms. The summed E-state index contributed by atoms with van der Waals surface area (Å²) in [6.45, 7) is 1.69. The lowest BCUT2D eigenvalue weighted by molar-refractivity contribution is -0.384. The number of imide groups is 1. The van der Waals surface area contributed by atoms with Crippen LogP contribution in [-0.2, 0) is 9.59 Å². The first kappa shape index (κ1) is 23.1. The summed E-state index contributed by atoms with van der Waals surface area (Å²) in [6, 6.07) is 16.7. The molecule has 0 saturated carbocycles. The average Bonchev–Trinajstić information content (AvgIpc) is 3.37. The molecule has 3 aromatic carbocycles. The molecule has 2 saturated heterocycles. The van der Waals surface area contributed by atoms with Crippen molar-refractivity contribution in [2.45, 2.75) is 19.0 Å². The SMILES string of the molecule is Cc1ccc([N+](=O)[O-])cc1N1C(=O)[C@@H]2[C@@H](C1=O)[C@@H]1c3ccccc3C=CN1[C@@H]2C(=O)c1ccc(Cl)cc1. The first-order valence-electron chi connectivity index (χ1n) is 11.7. The Balaban J connectivity index is 1.51. The number of nitro benzene ring substituents is 1. The molecule has 2 fully saturated rings. The Morgan fingerprint density at radius 2 is 1.68 bits per heavy atom. The van der Waals surface area contributed by atoms with Gasteiger partial charge in [-0.05, 0) is 54.0 Å². The van der Waals surface area contributed by atoms with Gasteiger partial charge in [0.15, 0.2) is 5.78 Å². The maximum Gasteiger partial charge on any atom is 0.271 e. The largest absolute Gasteiger partial charge is 0.358 e. The number of nitro groups is 1.